The third-order valence-corrected chi connectivity index (χ3v) is 6.23. The van der Waals surface area contributed by atoms with Crippen molar-refractivity contribution in [2.24, 2.45) is 0 Å². The number of fused-ring (bicyclic) bond motifs is 3. The van der Waals surface area contributed by atoms with Crippen LogP contribution in [-0.4, -0.2) is 23.1 Å². The summed E-state index contributed by atoms with van der Waals surface area (Å²) in [6.45, 7) is 3.26. The van der Waals surface area contributed by atoms with Gasteiger partial charge in [0.15, 0.2) is 0 Å². The molecule has 0 amide bonds. The lowest BCUT2D eigenvalue weighted by atomic mass is 9.96. The molecule has 0 saturated heterocycles. The summed E-state index contributed by atoms with van der Waals surface area (Å²) in [6.07, 6.45) is 2.03. The zero-order chi connectivity index (χ0) is 19.1. The second-order valence-corrected chi connectivity index (χ2v) is 8.13. The van der Waals surface area contributed by atoms with Crippen molar-refractivity contribution in [1.82, 2.24) is 9.47 Å². The first-order chi connectivity index (χ1) is 13.0. The Bertz CT molecular complexity index is 1090. The Morgan fingerprint density at radius 2 is 1.89 bits per heavy atom. The summed E-state index contributed by atoms with van der Waals surface area (Å²) in [5.74, 6) is 3.25. The highest BCUT2D eigenvalue weighted by Gasteiger charge is 2.29. The van der Waals surface area contributed by atoms with Gasteiger partial charge in [-0.25, -0.2) is 0 Å². The Hall–Kier alpha value is -1.63. The highest BCUT2D eigenvalue weighted by molar-refractivity contribution is 6.42. The van der Waals surface area contributed by atoms with Crippen molar-refractivity contribution >= 4 is 45.7 Å². The molecule has 2 heterocycles. The van der Waals surface area contributed by atoms with Gasteiger partial charge in [0, 0.05) is 28.6 Å². The molecule has 3 aromatic rings. The molecule has 0 radical (unpaired) electrons. The summed E-state index contributed by atoms with van der Waals surface area (Å²) in [6, 6.07) is 15.2. The lowest BCUT2D eigenvalue weighted by molar-refractivity contribution is 0.219. The first-order valence-electron chi connectivity index (χ1n) is 8.99. The third kappa shape index (κ3) is 3.35. The van der Waals surface area contributed by atoms with Crippen LogP contribution in [0.2, 0.25) is 15.1 Å². The van der Waals surface area contributed by atoms with E-state index in [9.17, 15) is 0 Å². The van der Waals surface area contributed by atoms with E-state index in [4.69, 9.17) is 34.8 Å². The van der Waals surface area contributed by atoms with Crippen LogP contribution in [0.5, 0.6) is 0 Å². The highest BCUT2D eigenvalue weighted by atomic mass is 35.5. The minimum Gasteiger partial charge on any atom is -0.298 e. The molecule has 0 saturated carbocycles. The Labute approximate surface area is 174 Å². The van der Waals surface area contributed by atoms with Crippen molar-refractivity contribution in [2.45, 2.75) is 25.8 Å². The van der Waals surface area contributed by atoms with Crippen LogP contribution in [-0.2, 0) is 6.42 Å². The maximum Gasteiger partial charge on any atom is 0.0619 e. The van der Waals surface area contributed by atoms with Gasteiger partial charge >= 0.3 is 0 Å². The van der Waals surface area contributed by atoms with Crippen LogP contribution >= 0.6 is 34.8 Å². The van der Waals surface area contributed by atoms with E-state index in [0.29, 0.717) is 16.1 Å². The highest BCUT2D eigenvalue weighted by Crippen LogP contribution is 2.38. The largest absolute Gasteiger partial charge is 0.298 e. The quantitative estimate of drug-likeness (QED) is 0.416. The van der Waals surface area contributed by atoms with Crippen LogP contribution in [0, 0.1) is 12.0 Å². The van der Waals surface area contributed by atoms with Crippen molar-refractivity contribution < 1.29 is 0 Å². The van der Waals surface area contributed by atoms with Gasteiger partial charge in [0.1, 0.15) is 0 Å². The van der Waals surface area contributed by atoms with Crippen molar-refractivity contribution in [3.63, 3.8) is 0 Å². The van der Waals surface area contributed by atoms with E-state index in [1.807, 2.05) is 12.1 Å². The number of rotatable bonds is 1. The summed E-state index contributed by atoms with van der Waals surface area (Å²) in [5.41, 5.74) is 4.58. The predicted octanol–water partition coefficient (Wildman–Crippen LogP) is 6.40. The average Bonchev–Trinajstić information content (AvgIpc) is 2.95. The van der Waals surface area contributed by atoms with E-state index in [1.165, 1.54) is 16.6 Å². The lowest BCUT2D eigenvalue weighted by Crippen LogP contribution is -2.32. The van der Waals surface area contributed by atoms with Gasteiger partial charge in [0.05, 0.1) is 27.3 Å². The standard InChI is InChI=1S/C22H19Cl3N2/c1-3-20-22-16(9-10-26(20)2)17-13-15(23)5-7-21(17)27(22)11-8-14-4-6-18(24)19(25)12-14/h4-7,12-13,20H,3,9-10H2,1-2H3. The van der Waals surface area contributed by atoms with E-state index in [2.05, 4.69) is 47.5 Å². The normalized spacial score (nSPS) is 16.9. The molecule has 0 spiro atoms. The Balaban J connectivity index is 1.93. The van der Waals surface area contributed by atoms with E-state index in [1.54, 1.807) is 12.1 Å². The van der Waals surface area contributed by atoms with Gasteiger partial charge in [-0.2, -0.15) is 0 Å². The van der Waals surface area contributed by atoms with E-state index >= 15 is 0 Å². The fourth-order valence-corrected chi connectivity index (χ4v) is 4.40. The van der Waals surface area contributed by atoms with Crippen molar-refractivity contribution in [3.8, 4) is 12.0 Å². The van der Waals surface area contributed by atoms with Gasteiger partial charge in [-0.1, -0.05) is 41.7 Å². The zero-order valence-electron chi connectivity index (χ0n) is 15.2. The van der Waals surface area contributed by atoms with Crippen molar-refractivity contribution in [2.75, 3.05) is 13.6 Å². The van der Waals surface area contributed by atoms with Gasteiger partial charge in [0.2, 0.25) is 0 Å². The molecule has 1 aliphatic heterocycles. The summed E-state index contributed by atoms with van der Waals surface area (Å²) in [4.78, 5) is 2.40. The molecule has 2 aromatic carbocycles. The molecule has 0 fully saturated rings. The molecule has 1 unspecified atom stereocenters. The minimum atomic E-state index is 0.336. The van der Waals surface area contributed by atoms with Crippen LogP contribution < -0.4 is 0 Å². The van der Waals surface area contributed by atoms with Gasteiger partial charge in [-0.15, -0.1) is 0 Å². The van der Waals surface area contributed by atoms with Crippen LogP contribution in [0.3, 0.4) is 0 Å². The molecule has 0 bridgehead atoms. The second kappa shape index (κ2) is 7.41. The molecule has 0 N–H and O–H groups in total. The van der Waals surface area contributed by atoms with Gasteiger partial charge in [0.25, 0.3) is 0 Å². The Kier molecular flexibility index (Phi) is 5.14. The second-order valence-electron chi connectivity index (χ2n) is 6.88. The van der Waals surface area contributed by atoms with Crippen LogP contribution in [0.25, 0.3) is 10.9 Å². The first kappa shape index (κ1) is 18.7. The number of hydrogen-bond acceptors (Lipinski definition) is 1. The molecule has 138 valence electrons. The van der Waals surface area contributed by atoms with E-state index < -0.39 is 0 Å². The van der Waals surface area contributed by atoms with Gasteiger partial charge < -0.3 is 0 Å². The maximum absolute atomic E-state index is 6.29. The maximum atomic E-state index is 6.29. The molecule has 1 aliphatic rings. The molecule has 0 aliphatic carbocycles. The SMILES string of the molecule is CCC1c2c(c3cc(Cl)ccc3n2C#Cc2ccc(Cl)c(Cl)c2)CCN1C. The number of nitrogens with zero attached hydrogens (tertiary/aromatic N) is 2. The molecule has 1 aromatic heterocycles. The molecule has 1 atom stereocenters. The topological polar surface area (TPSA) is 8.17 Å². The number of aromatic nitrogens is 1. The number of halogens is 3. The van der Waals surface area contributed by atoms with Gasteiger partial charge in [-0.05, 0) is 67.8 Å². The fourth-order valence-electron chi connectivity index (χ4n) is 3.93. The third-order valence-electron chi connectivity index (χ3n) is 5.26. The molecular formula is C22H19Cl3N2. The summed E-state index contributed by atoms with van der Waals surface area (Å²) >= 11 is 18.4. The molecule has 2 nitrogen and oxygen atoms in total. The van der Waals surface area contributed by atoms with Crippen LogP contribution in [0.15, 0.2) is 36.4 Å². The summed E-state index contributed by atoms with van der Waals surface area (Å²) in [5, 5.41) is 3.01. The first-order valence-corrected chi connectivity index (χ1v) is 10.1. The van der Waals surface area contributed by atoms with Crippen molar-refractivity contribution in [1.29, 1.82) is 0 Å². The summed E-state index contributed by atoms with van der Waals surface area (Å²) in [7, 11) is 2.18. The molecule has 27 heavy (non-hydrogen) atoms. The van der Waals surface area contributed by atoms with Gasteiger partial charge in [-0.3, -0.25) is 9.47 Å². The number of likely N-dealkylation sites (N-methyl/N-ethyl adjacent to an activating group) is 1. The number of benzene rings is 2. The number of hydrogen-bond donors (Lipinski definition) is 0. The Morgan fingerprint density at radius 3 is 2.63 bits per heavy atom. The monoisotopic (exact) mass is 416 g/mol. The van der Waals surface area contributed by atoms with Crippen molar-refractivity contribution in [3.05, 3.63) is 68.3 Å². The molecule has 4 rings (SSSR count). The minimum absolute atomic E-state index is 0.336. The average molecular weight is 418 g/mol. The molecular weight excluding hydrogens is 399 g/mol. The van der Waals surface area contributed by atoms with Crippen LogP contribution in [0.1, 0.15) is 36.2 Å². The summed E-state index contributed by atoms with van der Waals surface area (Å²) < 4.78 is 2.13. The van der Waals surface area contributed by atoms with Crippen LogP contribution in [0.4, 0.5) is 0 Å². The van der Waals surface area contributed by atoms with E-state index in [0.717, 1.165) is 35.5 Å². The molecule has 5 heteroatoms. The Morgan fingerprint density at radius 1 is 1.07 bits per heavy atom. The lowest BCUT2D eigenvalue weighted by Gasteiger charge is -2.32. The van der Waals surface area contributed by atoms with E-state index in [-0.39, 0.29) is 0 Å². The smallest absolute Gasteiger partial charge is 0.0619 e. The predicted molar refractivity (Wildman–Crippen MR) is 115 cm³/mol. The zero-order valence-corrected chi connectivity index (χ0v) is 17.5. The fraction of sp³-hybridized carbons (Fsp3) is 0.273.